The summed E-state index contributed by atoms with van der Waals surface area (Å²) in [5, 5.41) is 7.01. The molecule has 0 aliphatic carbocycles. The molecule has 0 fully saturated rings. The Morgan fingerprint density at radius 1 is 1.35 bits per heavy atom. The number of benzene rings is 1. The van der Waals surface area contributed by atoms with Crippen LogP contribution in [0.15, 0.2) is 24.3 Å². The maximum absolute atomic E-state index is 12.2. The molecular weight excluding hydrogens is 254 g/mol. The Kier molecular flexibility index (Phi) is 2.97. The first kappa shape index (κ1) is 12.7. The highest BCUT2D eigenvalue weighted by atomic mass is 16.5. The fraction of sp³-hybridized carbons (Fsp3) is 0.333. The van der Waals surface area contributed by atoms with Gasteiger partial charge in [0.2, 0.25) is 0 Å². The van der Waals surface area contributed by atoms with E-state index in [1.165, 1.54) is 0 Å². The molecule has 1 amide bonds. The predicted molar refractivity (Wildman–Crippen MR) is 74.9 cm³/mol. The van der Waals surface area contributed by atoms with Crippen molar-refractivity contribution >= 4 is 5.91 Å². The van der Waals surface area contributed by atoms with Crippen molar-refractivity contribution in [2.45, 2.75) is 19.9 Å². The van der Waals surface area contributed by atoms with Crippen molar-refractivity contribution in [3.63, 3.8) is 0 Å². The Balaban J connectivity index is 2.01. The first-order chi connectivity index (χ1) is 9.63. The first-order valence-corrected chi connectivity index (χ1v) is 6.68. The monoisotopic (exact) mass is 271 g/mol. The average molecular weight is 271 g/mol. The molecule has 5 heteroatoms. The second kappa shape index (κ2) is 4.67. The van der Waals surface area contributed by atoms with Gasteiger partial charge in [-0.3, -0.25) is 9.89 Å². The largest absolute Gasteiger partial charge is 0.494 e. The standard InChI is InChI=1S/C15H17N3O2/c1-4-20-11-7-5-10(6-8-11)14-12-9(2)16-17-13(12)15(19)18(14)3/h5-8,14H,4H2,1-3H3,(H,16,17). The molecule has 1 unspecified atom stereocenters. The number of amides is 1. The Morgan fingerprint density at radius 2 is 2.05 bits per heavy atom. The maximum atomic E-state index is 12.2. The van der Waals surface area contributed by atoms with Gasteiger partial charge < -0.3 is 9.64 Å². The predicted octanol–water partition coefficient (Wildman–Crippen LogP) is 2.29. The Morgan fingerprint density at radius 3 is 2.70 bits per heavy atom. The number of aromatic nitrogens is 2. The number of hydrogen-bond acceptors (Lipinski definition) is 3. The smallest absolute Gasteiger partial charge is 0.275 e. The number of ether oxygens (including phenoxy) is 1. The Labute approximate surface area is 117 Å². The molecule has 1 atom stereocenters. The lowest BCUT2D eigenvalue weighted by Crippen LogP contribution is -2.24. The normalized spacial score (nSPS) is 17.4. The van der Waals surface area contributed by atoms with E-state index >= 15 is 0 Å². The van der Waals surface area contributed by atoms with Crippen molar-refractivity contribution in [1.82, 2.24) is 15.1 Å². The number of aryl methyl sites for hydroxylation is 1. The van der Waals surface area contributed by atoms with Crippen LogP contribution >= 0.6 is 0 Å². The number of hydrogen-bond donors (Lipinski definition) is 1. The van der Waals surface area contributed by atoms with Gasteiger partial charge in [0.15, 0.2) is 5.69 Å². The molecule has 5 nitrogen and oxygen atoms in total. The summed E-state index contributed by atoms with van der Waals surface area (Å²) in [5.41, 5.74) is 3.51. The van der Waals surface area contributed by atoms with Crippen molar-refractivity contribution in [2.75, 3.05) is 13.7 Å². The molecule has 20 heavy (non-hydrogen) atoms. The molecule has 2 aromatic rings. The molecule has 0 radical (unpaired) electrons. The summed E-state index contributed by atoms with van der Waals surface area (Å²) in [6.45, 7) is 4.55. The average Bonchev–Trinajstić information content (AvgIpc) is 2.93. The quantitative estimate of drug-likeness (QED) is 0.931. The minimum atomic E-state index is -0.0769. The van der Waals surface area contributed by atoms with Crippen LogP contribution in [-0.2, 0) is 0 Å². The van der Waals surface area contributed by atoms with Gasteiger partial charge in [0.25, 0.3) is 5.91 Å². The molecule has 1 aliphatic heterocycles. The van der Waals surface area contributed by atoms with E-state index in [9.17, 15) is 4.79 Å². The van der Waals surface area contributed by atoms with Crippen LogP contribution in [0.3, 0.4) is 0 Å². The van der Waals surface area contributed by atoms with Crippen LogP contribution in [0.25, 0.3) is 0 Å². The van der Waals surface area contributed by atoms with Crippen molar-refractivity contribution in [3.8, 4) is 5.75 Å². The van der Waals surface area contributed by atoms with Crippen LogP contribution < -0.4 is 4.74 Å². The van der Waals surface area contributed by atoms with Crippen molar-refractivity contribution < 1.29 is 9.53 Å². The minimum Gasteiger partial charge on any atom is -0.494 e. The molecule has 0 saturated heterocycles. The maximum Gasteiger partial charge on any atom is 0.275 e. The molecule has 2 heterocycles. The van der Waals surface area contributed by atoms with Crippen LogP contribution in [0, 0.1) is 6.92 Å². The third-order valence-electron chi connectivity index (χ3n) is 3.69. The van der Waals surface area contributed by atoms with E-state index in [1.807, 2.05) is 45.2 Å². The number of rotatable bonds is 3. The first-order valence-electron chi connectivity index (χ1n) is 6.68. The van der Waals surface area contributed by atoms with Gasteiger partial charge in [0, 0.05) is 18.3 Å². The van der Waals surface area contributed by atoms with Crippen LogP contribution in [0.4, 0.5) is 0 Å². The highest BCUT2D eigenvalue weighted by Gasteiger charge is 2.39. The van der Waals surface area contributed by atoms with Gasteiger partial charge in [0.05, 0.1) is 12.6 Å². The zero-order valence-electron chi connectivity index (χ0n) is 11.8. The number of H-pyrrole nitrogens is 1. The summed E-state index contributed by atoms with van der Waals surface area (Å²) in [5.74, 6) is 0.801. The minimum absolute atomic E-state index is 0.0387. The summed E-state index contributed by atoms with van der Waals surface area (Å²) >= 11 is 0. The van der Waals surface area contributed by atoms with E-state index < -0.39 is 0 Å². The molecule has 0 bridgehead atoms. The molecule has 104 valence electrons. The van der Waals surface area contributed by atoms with Crippen molar-refractivity contribution in [3.05, 3.63) is 46.8 Å². The van der Waals surface area contributed by atoms with Crippen molar-refractivity contribution in [1.29, 1.82) is 0 Å². The molecule has 1 N–H and O–H groups in total. The number of carbonyl (C=O) groups is 1. The highest BCUT2D eigenvalue weighted by molar-refractivity contribution is 5.98. The van der Waals surface area contributed by atoms with Crippen LogP contribution in [-0.4, -0.2) is 34.7 Å². The topological polar surface area (TPSA) is 58.2 Å². The van der Waals surface area contributed by atoms with Crippen molar-refractivity contribution in [2.24, 2.45) is 0 Å². The van der Waals surface area contributed by atoms with E-state index in [0.29, 0.717) is 12.3 Å². The van der Waals surface area contributed by atoms with Gasteiger partial charge in [-0.2, -0.15) is 5.10 Å². The summed E-state index contributed by atoms with van der Waals surface area (Å²) in [7, 11) is 1.81. The van der Waals surface area contributed by atoms with E-state index in [2.05, 4.69) is 10.2 Å². The number of carbonyl (C=O) groups excluding carboxylic acids is 1. The molecule has 1 aromatic carbocycles. The molecular formula is C15H17N3O2. The van der Waals surface area contributed by atoms with Crippen LogP contribution in [0.1, 0.15) is 40.3 Å². The number of fused-ring (bicyclic) bond motifs is 1. The lowest BCUT2D eigenvalue weighted by Gasteiger charge is -2.21. The number of aromatic amines is 1. The molecule has 0 saturated carbocycles. The summed E-state index contributed by atoms with van der Waals surface area (Å²) in [4.78, 5) is 13.9. The van der Waals surface area contributed by atoms with Gasteiger partial charge in [-0.1, -0.05) is 12.1 Å². The lowest BCUT2D eigenvalue weighted by atomic mass is 9.99. The number of nitrogens with one attached hydrogen (secondary N) is 1. The number of nitrogens with zero attached hydrogens (tertiary/aromatic N) is 2. The second-order valence-corrected chi connectivity index (χ2v) is 4.93. The second-order valence-electron chi connectivity index (χ2n) is 4.93. The third-order valence-corrected chi connectivity index (χ3v) is 3.69. The van der Waals surface area contributed by atoms with Gasteiger partial charge >= 0.3 is 0 Å². The van der Waals surface area contributed by atoms with Crippen LogP contribution in [0.2, 0.25) is 0 Å². The molecule has 1 aromatic heterocycles. The summed E-state index contributed by atoms with van der Waals surface area (Å²) < 4.78 is 5.45. The zero-order valence-corrected chi connectivity index (χ0v) is 11.8. The van der Waals surface area contributed by atoms with E-state index in [0.717, 1.165) is 22.6 Å². The third kappa shape index (κ3) is 1.78. The molecule has 0 spiro atoms. The van der Waals surface area contributed by atoms with Gasteiger partial charge in [-0.05, 0) is 31.5 Å². The fourth-order valence-electron chi connectivity index (χ4n) is 2.72. The van der Waals surface area contributed by atoms with Gasteiger partial charge in [-0.25, -0.2) is 0 Å². The fourth-order valence-corrected chi connectivity index (χ4v) is 2.72. The van der Waals surface area contributed by atoms with Crippen LogP contribution in [0.5, 0.6) is 5.75 Å². The molecule has 1 aliphatic rings. The zero-order chi connectivity index (χ0) is 14.3. The lowest BCUT2D eigenvalue weighted by molar-refractivity contribution is 0.0787. The van der Waals surface area contributed by atoms with E-state index in [-0.39, 0.29) is 11.9 Å². The SMILES string of the molecule is CCOc1ccc(C2c3c(n[nH]c3C)C(=O)N2C)cc1. The molecule has 3 rings (SSSR count). The highest BCUT2D eigenvalue weighted by Crippen LogP contribution is 2.38. The Bertz CT molecular complexity index is 646. The van der Waals surface area contributed by atoms with E-state index in [4.69, 9.17) is 4.74 Å². The van der Waals surface area contributed by atoms with Gasteiger partial charge in [-0.15, -0.1) is 0 Å². The summed E-state index contributed by atoms with van der Waals surface area (Å²) in [6.07, 6.45) is 0. The summed E-state index contributed by atoms with van der Waals surface area (Å²) in [6, 6.07) is 7.80. The Hall–Kier alpha value is -2.30. The van der Waals surface area contributed by atoms with E-state index in [1.54, 1.807) is 4.90 Å². The van der Waals surface area contributed by atoms with Gasteiger partial charge in [0.1, 0.15) is 5.75 Å².